The van der Waals surface area contributed by atoms with E-state index in [1.54, 1.807) is 4.57 Å². The quantitative estimate of drug-likeness (QED) is 0.825. The summed E-state index contributed by atoms with van der Waals surface area (Å²) in [5.41, 5.74) is 0. The number of hydrogen-bond donors (Lipinski definition) is 1. The van der Waals surface area contributed by atoms with Crippen LogP contribution in [-0.2, 0) is 10.0 Å². The second-order valence-electron chi connectivity index (χ2n) is 3.73. The first-order valence-electron chi connectivity index (χ1n) is 4.83. The minimum Gasteiger partial charge on any atom is -0.293 e. The van der Waals surface area contributed by atoms with Gasteiger partial charge in [0.05, 0.1) is 6.20 Å². The maximum Gasteiger partial charge on any atom is 0.273 e. The molecule has 1 aliphatic rings. The van der Waals surface area contributed by atoms with Crippen molar-refractivity contribution in [1.29, 1.82) is 0 Å². The van der Waals surface area contributed by atoms with Crippen LogP contribution in [0.25, 0.3) is 10.7 Å². The molecule has 0 unspecified atom stereocenters. The summed E-state index contributed by atoms with van der Waals surface area (Å²) in [5, 5.41) is 16.1. The van der Waals surface area contributed by atoms with Gasteiger partial charge in [-0.25, -0.2) is 13.6 Å². The predicted molar refractivity (Wildman–Crippen MR) is 58.6 cm³/mol. The van der Waals surface area contributed by atoms with Crippen molar-refractivity contribution in [2.45, 2.75) is 24.0 Å². The van der Waals surface area contributed by atoms with Crippen LogP contribution in [0.15, 0.2) is 11.4 Å². The van der Waals surface area contributed by atoms with Gasteiger partial charge in [-0.1, -0.05) is 4.49 Å². The zero-order valence-corrected chi connectivity index (χ0v) is 10.1. The Labute approximate surface area is 101 Å². The van der Waals surface area contributed by atoms with Crippen LogP contribution >= 0.6 is 11.5 Å². The van der Waals surface area contributed by atoms with E-state index in [4.69, 9.17) is 5.14 Å². The van der Waals surface area contributed by atoms with E-state index in [1.165, 1.54) is 6.20 Å². The topological polar surface area (TPSA) is 117 Å². The number of sulfonamides is 1. The highest BCUT2D eigenvalue weighted by molar-refractivity contribution is 7.89. The van der Waals surface area contributed by atoms with E-state index in [1.807, 2.05) is 0 Å². The number of hydrogen-bond acceptors (Lipinski definition) is 7. The maximum atomic E-state index is 11.4. The minimum atomic E-state index is -3.86. The normalized spacial score (nSPS) is 16.3. The lowest BCUT2D eigenvalue weighted by Crippen LogP contribution is -2.18. The van der Waals surface area contributed by atoms with Gasteiger partial charge in [-0.3, -0.25) is 4.57 Å². The van der Waals surface area contributed by atoms with Crippen molar-refractivity contribution < 1.29 is 8.42 Å². The fourth-order valence-electron chi connectivity index (χ4n) is 1.57. The van der Waals surface area contributed by atoms with E-state index in [0.29, 0.717) is 10.7 Å². The van der Waals surface area contributed by atoms with Crippen LogP contribution in [0.1, 0.15) is 18.9 Å². The average Bonchev–Trinajstić information content (AvgIpc) is 2.81. The molecule has 0 saturated heterocycles. The van der Waals surface area contributed by atoms with E-state index in [0.717, 1.165) is 24.4 Å². The Balaban J connectivity index is 2.21. The SMILES string of the molecule is NS(=O)(=O)c1nnc(-c2cnns2)n1C1CC1. The monoisotopic (exact) mass is 272 g/mol. The van der Waals surface area contributed by atoms with Crippen molar-refractivity contribution in [2.75, 3.05) is 0 Å². The summed E-state index contributed by atoms with van der Waals surface area (Å²) < 4.78 is 28.1. The van der Waals surface area contributed by atoms with Crippen molar-refractivity contribution in [3.05, 3.63) is 6.20 Å². The lowest BCUT2D eigenvalue weighted by atomic mass is 10.5. The highest BCUT2D eigenvalue weighted by atomic mass is 32.2. The molecule has 2 N–H and O–H groups in total. The Hall–Kier alpha value is -1.39. The fraction of sp³-hybridized carbons (Fsp3) is 0.429. The van der Waals surface area contributed by atoms with Crippen LogP contribution in [0.4, 0.5) is 0 Å². The van der Waals surface area contributed by atoms with Crippen LogP contribution in [0, 0.1) is 0 Å². The molecule has 0 spiro atoms. The van der Waals surface area contributed by atoms with Crippen LogP contribution in [0.5, 0.6) is 0 Å². The summed E-state index contributed by atoms with van der Waals surface area (Å²) in [5.74, 6) is 0.464. The molecule has 90 valence electrons. The molecule has 1 aliphatic carbocycles. The van der Waals surface area contributed by atoms with Gasteiger partial charge in [0, 0.05) is 6.04 Å². The summed E-state index contributed by atoms with van der Waals surface area (Å²) >= 11 is 1.14. The zero-order valence-electron chi connectivity index (χ0n) is 8.52. The van der Waals surface area contributed by atoms with E-state index >= 15 is 0 Å². The maximum absolute atomic E-state index is 11.4. The van der Waals surface area contributed by atoms with Crippen molar-refractivity contribution >= 4 is 21.6 Å². The van der Waals surface area contributed by atoms with E-state index < -0.39 is 10.0 Å². The first-order chi connectivity index (χ1) is 8.07. The summed E-state index contributed by atoms with van der Waals surface area (Å²) in [7, 11) is -3.86. The molecule has 0 bridgehead atoms. The third-order valence-electron chi connectivity index (χ3n) is 2.41. The molecule has 2 aromatic rings. The molecule has 0 atom stereocenters. The molecule has 1 saturated carbocycles. The zero-order chi connectivity index (χ0) is 12.0. The fourth-order valence-corrected chi connectivity index (χ4v) is 2.73. The molecule has 0 aliphatic heterocycles. The molecular formula is C7H8N6O2S2. The third kappa shape index (κ3) is 1.83. The van der Waals surface area contributed by atoms with E-state index in [9.17, 15) is 8.42 Å². The smallest absolute Gasteiger partial charge is 0.273 e. The Bertz CT molecular complexity index is 642. The molecule has 0 radical (unpaired) electrons. The molecule has 0 amide bonds. The Morgan fingerprint density at radius 3 is 2.71 bits per heavy atom. The highest BCUT2D eigenvalue weighted by Gasteiger charge is 2.33. The average molecular weight is 272 g/mol. The van der Waals surface area contributed by atoms with Crippen LogP contribution in [0.3, 0.4) is 0 Å². The van der Waals surface area contributed by atoms with Crippen molar-refractivity contribution in [3.8, 4) is 10.7 Å². The van der Waals surface area contributed by atoms with Gasteiger partial charge in [-0.2, -0.15) is 0 Å². The lowest BCUT2D eigenvalue weighted by Gasteiger charge is -2.05. The van der Waals surface area contributed by atoms with Gasteiger partial charge >= 0.3 is 0 Å². The number of aromatic nitrogens is 5. The first kappa shape index (κ1) is 10.7. The molecule has 3 rings (SSSR count). The highest BCUT2D eigenvalue weighted by Crippen LogP contribution is 2.39. The predicted octanol–water partition coefficient (Wildman–Crippen LogP) is -0.221. The van der Waals surface area contributed by atoms with Crippen molar-refractivity contribution in [2.24, 2.45) is 5.14 Å². The Morgan fingerprint density at radius 2 is 2.18 bits per heavy atom. The van der Waals surface area contributed by atoms with E-state index in [-0.39, 0.29) is 11.2 Å². The summed E-state index contributed by atoms with van der Waals surface area (Å²) in [6.07, 6.45) is 3.33. The van der Waals surface area contributed by atoms with Gasteiger partial charge < -0.3 is 0 Å². The largest absolute Gasteiger partial charge is 0.293 e. The molecule has 1 fully saturated rings. The van der Waals surface area contributed by atoms with Crippen molar-refractivity contribution in [1.82, 2.24) is 24.4 Å². The Morgan fingerprint density at radius 1 is 1.41 bits per heavy atom. The number of nitrogens with two attached hydrogens (primary N) is 1. The van der Waals surface area contributed by atoms with Gasteiger partial charge in [0.2, 0.25) is 0 Å². The van der Waals surface area contributed by atoms with Gasteiger partial charge in [-0.05, 0) is 24.4 Å². The van der Waals surface area contributed by atoms with E-state index in [2.05, 4.69) is 19.8 Å². The third-order valence-corrected chi connectivity index (χ3v) is 3.86. The van der Waals surface area contributed by atoms with Gasteiger partial charge in [0.25, 0.3) is 15.2 Å². The van der Waals surface area contributed by atoms with Gasteiger partial charge in [0.1, 0.15) is 4.88 Å². The molecule has 0 aromatic carbocycles. The second kappa shape index (κ2) is 3.55. The summed E-state index contributed by atoms with van der Waals surface area (Å²) in [6.45, 7) is 0. The van der Waals surface area contributed by atoms with Gasteiger partial charge in [0.15, 0.2) is 5.82 Å². The lowest BCUT2D eigenvalue weighted by molar-refractivity contribution is 0.567. The summed E-state index contributed by atoms with van der Waals surface area (Å²) in [6, 6.07) is 0.107. The molecule has 2 aromatic heterocycles. The van der Waals surface area contributed by atoms with Crippen LogP contribution in [-0.4, -0.2) is 32.8 Å². The van der Waals surface area contributed by atoms with Gasteiger partial charge in [-0.15, -0.1) is 15.3 Å². The number of primary sulfonamides is 1. The molecule has 10 heteroatoms. The van der Waals surface area contributed by atoms with Crippen LogP contribution in [0.2, 0.25) is 0 Å². The number of rotatable bonds is 3. The number of nitrogens with zero attached hydrogens (tertiary/aromatic N) is 5. The standard InChI is InChI=1S/C7H8N6O2S2/c8-17(14,15)7-11-10-6(5-3-9-12-16-5)13(7)4-1-2-4/h3-4H,1-2H2,(H2,8,14,15). The molecule has 2 heterocycles. The van der Waals surface area contributed by atoms with Crippen LogP contribution < -0.4 is 5.14 Å². The Kier molecular flexibility index (Phi) is 2.24. The minimum absolute atomic E-state index is 0.107. The molecule has 8 nitrogen and oxygen atoms in total. The first-order valence-corrected chi connectivity index (χ1v) is 7.15. The summed E-state index contributed by atoms with van der Waals surface area (Å²) in [4.78, 5) is 0.680. The second-order valence-corrected chi connectivity index (χ2v) is 5.97. The van der Waals surface area contributed by atoms with Crippen molar-refractivity contribution in [3.63, 3.8) is 0 Å². The molecule has 17 heavy (non-hydrogen) atoms. The molecular weight excluding hydrogens is 264 g/mol.